The van der Waals surface area contributed by atoms with Crippen LogP contribution in [0.3, 0.4) is 0 Å². The monoisotopic (exact) mass is 90.1 g/mol. The molecule has 0 spiro atoms. The minimum atomic E-state index is -1.48. The largest absolute Gasteiger partial charge is 0.355 e. The van der Waals surface area contributed by atoms with Gasteiger partial charge in [-0.2, -0.15) is 5.32 Å². The zero-order valence-electron chi connectivity index (χ0n) is 3.63. The van der Waals surface area contributed by atoms with E-state index in [9.17, 15) is 0 Å². The van der Waals surface area contributed by atoms with Crippen molar-refractivity contribution in [3.8, 4) is 0 Å². The second kappa shape index (κ2) is 3.08. The molecule has 0 atom stereocenters. The van der Waals surface area contributed by atoms with Crippen LogP contribution in [0.15, 0.2) is 0 Å². The van der Waals surface area contributed by atoms with Gasteiger partial charge in [-0.3, -0.25) is 0 Å². The van der Waals surface area contributed by atoms with Crippen LogP contribution >= 0.6 is 0 Å². The van der Waals surface area contributed by atoms with Crippen molar-refractivity contribution in [2.24, 2.45) is 0 Å². The molecule has 0 aromatic rings. The molecule has 0 aliphatic heterocycles. The van der Waals surface area contributed by atoms with E-state index < -0.39 is 6.41 Å². The highest BCUT2D eigenvalue weighted by atomic mass is 16.5. The summed E-state index contributed by atoms with van der Waals surface area (Å²) >= 11 is 0. The van der Waals surface area contributed by atoms with E-state index >= 15 is 0 Å². The van der Waals surface area contributed by atoms with Crippen molar-refractivity contribution in [1.29, 1.82) is 0 Å². The first-order chi connectivity index (χ1) is 2.77. The summed E-state index contributed by atoms with van der Waals surface area (Å²) in [7, 11) is 0. The van der Waals surface area contributed by atoms with Crippen molar-refractivity contribution < 1.29 is 10.2 Å². The molecule has 3 heteroatoms. The highest BCUT2D eigenvalue weighted by Crippen LogP contribution is 1.64. The fourth-order valence-corrected chi connectivity index (χ4v) is 0.163. The van der Waals surface area contributed by atoms with Gasteiger partial charge in [0.05, 0.1) is 0 Å². The summed E-state index contributed by atoms with van der Waals surface area (Å²) in [4.78, 5) is 0. The van der Waals surface area contributed by atoms with E-state index in [1.54, 1.807) is 6.92 Å². The average Bonchev–Trinajstić information content (AvgIpc) is 1.35. The molecule has 0 aromatic carbocycles. The molecule has 0 saturated heterocycles. The maximum absolute atomic E-state index is 7.94. The van der Waals surface area contributed by atoms with Gasteiger partial charge in [0.15, 0.2) is 0 Å². The first kappa shape index (κ1) is 5.88. The fraction of sp³-hybridized carbons (Fsp3) is 1.00. The number of rotatable bonds is 2. The molecule has 0 unspecified atom stereocenters. The lowest BCUT2D eigenvalue weighted by molar-refractivity contribution is -0.0673. The Balaban J connectivity index is 2.63. The maximum atomic E-state index is 7.94. The molecule has 0 aliphatic rings. The average molecular weight is 90.1 g/mol. The number of hydrogen-bond acceptors (Lipinski definition) is 2. The molecule has 0 aromatic heterocycles. The van der Waals surface area contributed by atoms with Crippen molar-refractivity contribution in [2.45, 2.75) is 13.3 Å². The molecule has 0 amide bonds. The van der Waals surface area contributed by atoms with E-state index in [0.717, 1.165) is 0 Å². The number of hydrogen-bond donors (Lipinski definition) is 2. The molecule has 1 radical (unpaired) electrons. The Hall–Kier alpha value is -0.120. The van der Waals surface area contributed by atoms with Crippen molar-refractivity contribution in [1.82, 2.24) is 5.32 Å². The summed E-state index contributed by atoms with van der Waals surface area (Å²) in [5.74, 6) is 0. The predicted octanol–water partition coefficient (Wildman–Crippen LogP) is -1.12. The third kappa shape index (κ3) is 3.88. The molecule has 0 saturated carbocycles. The van der Waals surface area contributed by atoms with Crippen molar-refractivity contribution in [3.63, 3.8) is 0 Å². The number of nitrogens with zero attached hydrogens (tertiary/aromatic N) is 1. The Morgan fingerprint density at radius 1 is 1.67 bits per heavy atom. The highest BCUT2D eigenvalue weighted by molar-refractivity contribution is 4.26. The molecule has 0 rings (SSSR count). The Kier molecular flexibility index (Phi) is 3.02. The summed E-state index contributed by atoms with van der Waals surface area (Å²) in [6.45, 7) is 2.19. The van der Waals surface area contributed by atoms with E-state index in [2.05, 4.69) is 5.32 Å². The lowest BCUT2D eigenvalue weighted by Crippen LogP contribution is -2.19. The number of aliphatic hydroxyl groups is 2. The van der Waals surface area contributed by atoms with E-state index in [1.807, 2.05) is 0 Å². The van der Waals surface area contributed by atoms with Crippen LogP contribution in [0.25, 0.3) is 0 Å². The normalized spacial score (nSPS) is 10.0. The third-order valence-electron chi connectivity index (χ3n) is 0.346. The van der Waals surface area contributed by atoms with Gasteiger partial charge in [-0.15, -0.1) is 0 Å². The fourth-order valence-electron chi connectivity index (χ4n) is 0.163. The molecule has 3 nitrogen and oxygen atoms in total. The number of aliphatic hydroxyl groups excluding tert-OH is 1. The predicted molar refractivity (Wildman–Crippen MR) is 20.9 cm³/mol. The molecule has 0 heterocycles. The topological polar surface area (TPSA) is 54.6 Å². The first-order valence-corrected chi connectivity index (χ1v) is 1.80. The van der Waals surface area contributed by atoms with Gasteiger partial charge in [-0.05, 0) is 0 Å². The van der Waals surface area contributed by atoms with E-state index in [0.29, 0.717) is 6.54 Å². The van der Waals surface area contributed by atoms with Crippen LogP contribution < -0.4 is 5.32 Å². The van der Waals surface area contributed by atoms with Gasteiger partial charge in [0, 0.05) is 6.54 Å². The Morgan fingerprint density at radius 2 is 2.17 bits per heavy atom. The molecule has 2 N–H and O–H groups in total. The molecule has 37 valence electrons. The van der Waals surface area contributed by atoms with Crippen molar-refractivity contribution in [3.05, 3.63) is 0 Å². The van der Waals surface area contributed by atoms with Crippen LogP contribution in [0.2, 0.25) is 0 Å². The van der Waals surface area contributed by atoms with E-state index in [-0.39, 0.29) is 0 Å². The van der Waals surface area contributed by atoms with Gasteiger partial charge in [-0.25, -0.2) is 0 Å². The minimum Gasteiger partial charge on any atom is -0.355 e. The lowest BCUT2D eigenvalue weighted by Gasteiger charge is -1.95. The molecule has 6 heavy (non-hydrogen) atoms. The zero-order valence-corrected chi connectivity index (χ0v) is 3.63. The van der Waals surface area contributed by atoms with Crippen LogP contribution in [0.4, 0.5) is 0 Å². The summed E-state index contributed by atoms with van der Waals surface area (Å²) < 4.78 is 0. The molecule has 0 aliphatic carbocycles. The SMILES string of the molecule is CC[N]C(O)O. The van der Waals surface area contributed by atoms with Crippen LogP contribution in [0, 0.1) is 0 Å². The smallest absolute Gasteiger partial charge is 0.226 e. The zero-order chi connectivity index (χ0) is 4.99. The van der Waals surface area contributed by atoms with Crippen molar-refractivity contribution in [2.75, 3.05) is 6.54 Å². The quantitative estimate of drug-likeness (QED) is 0.422. The van der Waals surface area contributed by atoms with Gasteiger partial charge in [0.1, 0.15) is 0 Å². The van der Waals surface area contributed by atoms with E-state index in [1.165, 1.54) is 0 Å². The van der Waals surface area contributed by atoms with Crippen molar-refractivity contribution >= 4 is 0 Å². The van der Waals surface area contributed by atoms with Crippen LogP contribution in [0.1, 0.15) is 6.92 Å². The summed E-state index contributed by atoms with van der Waals surface area (Å²) in [5.41, 5.74) is 0. The summed E-state index contributed by atoms with van der Waals surface area (Å²) in [6, 6.07) is 0. The Morgan fingerprint density at radius 3 is 2.17 bits per heavy atom. The standard InChI is InChI=1S/C3H8NO2/c1-2-4-3(5)6/h3,5-6H,2H2,1H3. The van der Waals surface area contributed by atoms with Gasteiger partial charge < -0.3 is 10.2 Å². The lowest BCUT2D eigenvalue weighted by atomic mass is 10.7. The minimum absolute atomic E-state index is 0.456. The Bertz CT molecular complexity index is 30.0. The van der Waals surface area contributed by atoms with Gasteiger partial charge in [0.25, 0.3) is 0 Å². The van der Waals surface area contributed by atoms with Crippen LogP contribution in [-0.4, -0.2) is 23.2 Å². The second-order valence-electron chi connectivity index (χ2n) is 0.845. The highest BCUT2D eigenvalue weighted by Gasteiger charge is 1.88. The molecule has 0 bridgehead atoms. The van der Waals surface area contributed by atoms with Gasteiger partial charge in [-0.1, -0.05) is 6.92 Å². The maximum Gasteiger partial charge on any atom is 0.226 e. The molecular weight excluding hydrogens is 82.0 g/mol. The third-order valence-corrected chi connectivity index (χ3v) is 0.346. The van der Waals surface area contributed by atoms with Gasteiger partial charge in [0.2, 0.25) is 6.41 Å². The van der Waals surface area contributed by atoms with Crippen LogP contribution in [-0.2, 0) is 0 Å². The summed E-state index contributed by atoms with van der Waals surface area (Å²) in [6.07, 6.45) is -1.48. The van der Waals surface area contributed by atoms with E-state index in [4.69, 9.17) is 10.2 Å². The van der Waals surface area contributed by atoms with Gasteiger partial charge >= 0.3 is 0 Å². The molecule has 0 fully saturated rings. The molecular formula is C3H8NO2. The Labute approximate surface area is 36.6 Å². The first-order valence-electron chi connectivity index (χ1n) is 1.80. The summed E-state index contributed by atoms with van der Waals surface area (Å²) in [5, 5.41) is 19.1. The van der Waals surface area contributed by atoms with Crippen LogP contribution in [0.5, 0.6) is 0 Å². The second-order valence-corrected chi connectivity index (χ2v) is 0.845.